The molecule has 0 spiro atoms. The summed E-state index contributed by atoms with van der Waals surface area (Å²) in [5.41, 5.74) is 0. The number of hydrogen-bond acceptors (Lipinski definition) is 5. The second-order valence-corrected chi connectivity index (χ2v) is 13.7. The van der Waals surface area contributed by atoms with Gasteiger partial charge in [-0.2, -0.15) is 0 Å². The average molecular weight is 687 g/mol. The summed E-state index contributed by atoms with van der Waals surface area (Å²) in [5.74, 6) is -0.608. The predicted molar refractivity (Wildman–Crippen MR) is 210 cm³/mol. The molecule has 0 saturated heterocycles. The van der Waals surface area contributed by atoms with Gasteiger partial charge >= 0.3 is 11.9 Å². The van der Waals surface area contributed by atoms with E-state index in [4.69, 9.17) is 9.47 Å². The van der Waals surface area contributed by atoms with Gasteiger partial charge in [0.25, 0.3) is 0 Å². The quantitative estimate of drug-likeness (QED) is 0.0400. The topological polar surface area (TPSA) is 72.8 Å². The van der Waals surface area contributed by atoms with Crippen molar-refractivity contribution in [3.05, 3.63) is 48.6 Å². The van der Waals surface area contributed by atoms with Crippen LogP contribution in [0.2, 0.25) is 0 Å². The SMILES string of the molecule is CCCCC/C=C\C/C=C\CCCCCCCCCC(=O)OCC(CO)OC(=O)CCCCCCCCC/C=C\C/C=C\CCCCCC. The Morgan fingerprint density at radius 1 is 0.469 bits per heavy atom. The van der Waals surface area contributed by atoms with Crippen molar-refractivity contribution in [3.63, 3.8) is 0 Å². The van der Waals surface area contributed by atoms with Crippen LogP contribution in [-0.2, 0) is 19.1 Å². The van der Waals surface area contributed by atoms with Crippen LogP contribution in [0.25, 0.3) is 0 Å². The first-order valence-corrected chi connectivity index (χ1v) is 20.7. The summed E-state index contributed by atoms with van der Waals surface area (Å²) in [6.07, 6.45) is 50.2. The van der Waals surface area contributed by atoms with Gasteiger partial charge in [0.1, 0.15) is 6.61 Å². The van der Waals surface area contributed by atoms with Gasteiger partial charge in [-0.1, -0.05) is 159 Å². The van der Waals surface area contributed by atoms with E-state index in [1.807, 2.05) is 0 Å². The lowest BCUT2D eigenvalue weighted by molar-refractivity contribution is -0.161. The molecule has 5 nitrogen and oxygen atoms in total. The molecule has 0 aromatic rings. The van der Waals surface area contributed by atoms with Crippen molar-refractivity contribution in [2.75, 3.05) is 13.2 Å². The Morgan fingerprint density at radius 2 is 0.816 bits per heavy atom. The van der Waals surface area contributed by atoms with Crippen LogP contribution in [0.5, 0.6) is 0 Å². The summed E-state index contributed by atoms with van der Waals surface area (Å²) in [7, 11) is 0. The minimum atomic E-state index is -0.779. The Labute approximate surface area is 303 Å². The van der Waals surface area contributed by atoms with Crippen molar-refractivity contribution >= 4 is 11.9 Å². The monoisotopic (exact) mass is 687 g/mol. The van der Waals surface area contributed by atoms with E-state index in [9.17, 15) is 14.7 Å². The lowest BCUT2D eigenvalue weighted by Gasteiger charge is -2.15. The standard InChI is InChI=1S/C44H78O5/c1-3-5-7-9-11-13-15-17-19-21-23-25-27-29-31-33-35-37-39-44(47)49-42(40-45)41-48-43(46)38-36-34-32-30-28-26-24-22-20-18-16-14-12-10-8-6-4-2/h12-15,18-21,42,45H,3-11,16-17,22-41H2,1-2H3/b14-12-,15-13-,20-18-,21-19-. The molecule has 0 aliphatic heterocycles. The van der Waals surface area contributed by atoms with Crippen LogP contribution < -0.4 is 0 Å². The van der Waals surface area contributed by atoms with Crippen LogP contribution in [0.3, 0.4) is 0 Å². The molecule has 0 aromatic heterocycles. The second kappa shape index (κ2) is 40.3. The molecule has 0 aliphatic carbocycles. The molecule has 49 heavy (non-hydrogen) atoms. The van der Waals surface area contributed by atoms with E-state index in [0.717, 1.165) is 64.2 Å². The van der Waals surface area contributed by atoms with E-state index in [1.165, 1.54) is 109 Å². The maximum absolute atomic E-state index is 12.2. The number of ether oxygens (including phenoxy) is 2. The summed E-state index contributed by atoms with van der Waals surface area (Å²) < 4.78 is 10.6. The highest BCUT2D eigenvalue weighted by atomic mass is 16.6. The summed E-state index contributed by atoms with van der Waals surface area (Å²) in [4.78, 5) is 24.3. The lowest BCUT2D eigenvalue weighted by atomic mass is 10.1. The van der Waals surface area contributed by atoms with Crippen LogP contribution in [0, 0.1) is 0 Å². The molecule has 0 radical (unpaired) electrons. The second-order valence-electron chi connectivity index (χ2n) is 13.7. The molecule has 284 valence electrons. The van der Waals surface area contributed by atoms with Crippen LogP contribution in [0.1, 0.15) is 200 Å². The fraction of sp³-hybridized carbons (Fsp3) is 0.773. The van der Waals surface area contributed by atoms with E-state index in [0.29, 0.717) is 12.8 Å². The fourth-order valence-corrected chi connectivity index (χ4v) is 5.67. The molecule has 0 aliphatic rings. The molecule has 1 atom stereocenters. The van der Waals surface area contributed by atoms with Gasteiger partial charge in [0.15, 0.2) is 6.10 Å². The van der Waals surface area contributed by atoms with Gasteiger partial charge in [0.05, 0.1) is 6.61 Å². The molecule has 1 unspecified atom stereocenters. The third kappa shape index (κ3) is 38.5. The Balaban J connectivity index is 3.58. The van der Waals surface area contributed by atoms with E-state index < -0.39 is 6.10 Å². The first-order valence-electron chi connectivity index (χ1n) is 20.7. The molecule has 1 N–H and O–H groups in total. The largest absolute Gasteiger partial charge is 0.462 e. The number of aliphatic hydroxyl groups is 1. The number of hydrogen-bond donors (Lipinski definition) is 1. The zero-order valence-electron chi connectivity index (χ0n) is 32.2. The molecule has 0 aromatic carbocycles. The highest BCUT2D eigenvalue weighted by Gasteiger charge is 2.16. The molecular weight excluding hydrogens is 608 g/mol. The van der Waals surface area contributed by atoms with Crippen LogP contribution >= 0.6 is 0 Å². The number of carbonyl (C=O) groups is 2. The molecule has 0 saturated carbocycles. The summed E-state index contributed by atoms with van der Waals surface area (Å²) in [5, 5.41) is 9.57. The fourth-order valence-electron chi connectivity index (χ4n) is 5.67. The summed E-state index contributed by atoms with van der Waals surface area (Å²) in [6.45, 7) is 4.08. The Kier molecular flexibility index (Phi) is 38.5. The van der Waals surface area contributed by atoms with Gasteiger partial charge in [-0.25, -0.2) is 0 Å². The highest BCUT2D eigenvalue weighted by molar-refractivity contribution is 5.70. The molecular formula is C44H78O5. The van der Waals surface area contributed by atoms with Crippen molar-refractivity contribution < 1.29 is 24.2 Å². The average Bonchev–Trinajstić information content (AvgIpc) is 3.10. The Morgan fingerprint density at radius 3 is 1.24 bits per heavy atom. The normalized spacial score (nSPS) is 12.6. The number of carbonyl (C=O) groups excluding carboxylic acids is 2. The molecule has 5 heteroatoms. The van der Waals surface area contributed by atoms with Gasteiger partial charge in [-0.05, 0) is 77.0 Å². The third-order valence-corrected chi connectivity index (χ3v) is 8.85. The predicted octanol–water partition coefficient (Wildman–Crippen LogP) is 13.0. The minimum absolute atomic E-state index is 0.0736. The number of aliphatic hydroxyl groups excluding tert-OH is 1. The Bertz CT molecular complexity index is 827. The van der Waals surface area contributed by atoms with E-state index in [2.05, 4.69) is 62.5 Å². The molecule has 0 bridgehead atoms. The van der Waals surface area contributed by atoms with Crippen molar-refractivity contribution in [3.8, 4) is 0 Å². The Hall–Kier alpha value is -2.14. The molecule has 0 heterocycles. The maximum Gasteiger partial charge on any atom is 0.306 e. The summed E-state index contributed by atoms with van der Waals surface area (Å²) in [6, 6.07) is 0. The highest BCUT2D eigenvalue weighted by Crippen LogP contribution is 2.13. The molecule has 0 amide bonds. The number of allylic oxidation sites excluding steroid dienone is 8. The zero-order chi connectivity index (χ0) is 35.7. The van der Waals surface area contributed by atoms with Gasteiger partial charge in [0, 0.05) is 12.8 Å². The minimum Gasteiger partial charge on any atom is -0.462 e. The van der Waals surface area contributed by atoms with Crippen molar-refractivity contribution in [2.45, 2.75) is 206 Å². The van der Waals surface area contributed by atoms with Gasteiger partial charge < -0.3 is 14.6 Å². The number of esters is 2. The van der Waals surface area contributed by atoms with Crippen molar-refractivity contribution in [2.24, 2.45) is 0 Å². The van der Waals surface area contributed by atoms with Crippen LogP contribution in [-0.4, -0.2) is 36.4 Å². The molecule has 0 rings (SSSR count). The number of unbranched alkanes of at least 4 members (excludes halogenated alkanes) is 21. The van der Waals surface area contributed by atoms with E-state index >= 15 is 0 Å². The van der Waals surface area contributed by atoms with E-state index in [1.54, 1.807) is 0 Å². The van der Waals surface area contributed by atoms with E-state index in [-0.39, 0.29) is 25.2 Å². The van der Waals surface area contributed by atoms with Crippen molar-refractivity contribution in [1.82, 2.24) is 0 Å². The smallest absolute Gasteiger partial charge is 0.306 e. The van der Waals surface area contributed by atoms with Crippen molar-refractivity contribution in [1.29, 1.82) is 0 Å². The maximum atomic E-state index is 12.2. The van der Waals surface area contributed by atoms with Crippen LogP contribution in [0.15, 0.2) is 48.6 Å². The number of rotatable bonds is 37. The first kappa shape index (κ1) is 46.9. The van der Waals surface area contributed by atoms with Gasteiger partial charge in [0.2, 0.25) is 0 Å². The van der Waals surface area contributed by atoms with Gasteiger partial charge in [-0.15, -0.1) is 0 Å². The molecule has 0 fully saturated rings. The lowest BCUT2D eigenvalue weighted by Crippen LogP contribution is -2.28. The van der Waals surface area contributed by atoms with Crippen LogP contribution in [0.4, 0.5) is 0 Å². The summed E-state index contributed by atoms with van der Waals surface area (Å²) >= 11 is 0. The van der Waals surface area contributed by atoms with Gasteiger partial charge in [-0.3, -0.25) is 9.59 Å². The zero-order valence-corrected chi connectivity index (χ0v) is 32.2. The third-order valence-electron chi connectivity index (χ3n) is 8.85. The first-order chi connectivity index (χ1) is 24.1.